The monoisotopic (exact) mass is 406 g/mol. The molecule has 27 heavy (non-hydrogen) atoms. The van der Waals surface area contributed by atoms with Crippen molar-refractivity contribution in [1.82, 2.24) is 4.98 Å². The number of carbonyl (C=O) groups is 1. The molecule has 1 amide bonds. The molecular formula is C19H16F2N2O2S2. The van der Waals surface area contributed by atoms with Gasteiger partial charge < -0.3 is 4.74 Å². The van der Waals surface area contributed by atoms with Crippen LogP contribution in [-0.4, -0.2) is 18.0 Å². The minimum Gasteiger partial charge on any atom is -0.495 e. The van der Waals surface area contributed by atoms with Gasteiger partial charge in [-0.25, -0.2) is 13.8 Å². The van der Waals surface area contributed by atoms with Gasteiger partial charge in [0.05, 0.1) is 18.5 Å². The lowest BCUT2D eigenvalue weighted by Gasteiger charge is -2.20. The lowest BCUT2D eigenvalue weighted by Crippen LogP contribution is -2.23. The van der Waals surface area contributed by atoms with Gasteiger partial charge in [0, 0.05) is 23.0 Å². The van der Waals surface area contributed by atoms with Crippen molar-refractivity contribution in [3.8, 4) is 5.75 Å². The van der Waals surface area contributed by atoms with E-state index >= 15 is 0 Å². The number of rotatable bonds is 6. The normalized spacial score (nSPS) is 10.7. The number of para-hydroxylation sites is 2. The molecule has 0 saturated heterocycles. The Balaban J connectivity index is 1.82. The first-order chi connectivity index (χ1) is 13.0. The summed E-state index contributed by atoms with van der Waals surface area (Å²) in [5.74, 6) is -0.257. The van der Waals surface area contributed by atoms with E-state index in [0.717, 1.165) is 30.0 Å². The van der Waals surface area contributed by atoms with Crippen LogP contribution in [0.5, 0.6) is 5.75 Å². The fourth-order valence-electron chi connectivity index (χ4n) is 2.43. The number of ether oxygens (including phenoxy) is 1. The first-order valence-corrected chi connectivity index (χ1v) is 9.82. The summed E-state index contributed by atoms with van der Waals surface area (Å²) >= 11 is 2.45. The molecule has 0 fully saturated rings. The Morgan fingerprint density at radius 3 is 2.78 bits per heavy atom. The smallest absolute Gasteiger partial charge is 0.230 e. The predicted molar refractivity (Wildman–Crippen MR) is 104 cm³/mol. The number of amides is 1. The Labute approximate surface area is 163 Å². The van der Waals surface area contributed by atoms with Crippen molar-refractivity contribution < 1.29 is 18.3 Å². The van der Waals surface area contributed by atoms with Gasteiger partial charge in [-0.15, -0.1) is 23.1 Å². The van der Waals surface area contributed by atoms with Crippen molar-refractivity contribution in [2.45, 2.75) is 17.6 Å². The molecule has 140 valence electrons. The molecule has 0 bridgehead atoms. The molecule has 8 heteroatoms. The summed E-state index contributed by atoms with van der Waals surface area (Å²) in [6, 6.07) is 10.5. The number of benzene rings is 2. The zero-order chi connectivity index (χ0) is 19.4. The second kappa shape index (κ2) is 8.49. The minimum absolute atomic E-state index is 0.204. The van der Waals surface area contributed by atoms with E-state index in [1.807, 2.05) is 12.1 Å². The standard InChI is InChI=1S/C19H16F2N2O2S2/c1-12(24)23(16-5-3-4-6-17(16)25-2)19-22-14(11-27-19)10-26-18-9-13(20)7-8-15(18)21/h3-9,11H,10H2,1-2H3. The number of hydrogen-bond donors (Lipinski definition) is 0. The number of aromatic nitrogens is 1. The molecule has 0 saturated carbocycles. The van der Waals surface area contributed by atoms with Crippen LogP contribution in [0, 0.1) is 11.6 Å². The SMILES string of the molecule is COc1ccccc1N(C(C)=O)c1nc(CSc2cc(F)ccc2F)cs1. The highest BCUT2D eigenvalue weighted by Crippen LogP contribution is 2.36. The highest BCUT2D eigenvalue weighted by Gasteiger charge is 2.21. The van der Waals surface area contributed by atoms with Gasteiger partial charge in [-0.3, -0.25) is 9.69 Å². The Morgan fingerprint density at radius 1 is 1.26 bits per heavy atom. The van der Waals surface area contributed by atoms with Crippen LogP contribution >= 0.6 is 23.1 Å². The molecule has 0 atom stereocenters. The first kappa shape index (κ1) is 19.3. The molecule has 0 unspecified atom stereocenters. The van der Waals surface area contributed by atoms with Gasteiger partial charge >= 0.3 is 0 Å². The molecule has 0 aliphatic rings. The maximum absolute atomic E-state index is 13.7. The third kappa shape index (κ3) is 4.45. The van der Waals surface area contributed by atoms with Crippen LogP contribution in [0.2, 0.25) is 0 Å². The molecule has 3 aromatic rings. The average molecular weight is 406 g/mol. The van der Waals surface area contributed by atoms with Crippen molar-refractivity contribution in [3.05, 3.63) is 65.2 Å². The molecule has 0 aliphatic carbocycles. The van der Waals surface area contributed by atoms with E-state index in [1.165, 1.54) is 30.3 Å². The number of thioether (sulfide) groups is 1. The number of halogens is 2. The highest BCUT2D eigenvalue weighted by molar-refractivity contribution is 7.98. The fraction of sp³-hybridized carbons (Fsp3) is 0.158. The van der Waals surface area contributed by atoms with E-state index in [0.29, 0.717) is 28.0 Å². The first-order valence-electron chi connectivity index (χ1n) is 7.95. The van der Waals surface area contributed by atoms with Gasteiger partial charge in [0.1, 0.15) is 17.4 Å². The van der Waals surface area contributed by atoms with Crippen LogP contribution in [0.3, 0.4) is 0 Å². The Kier molecular flexibility index (Phi) is 6.08. The number of thiazole rings is 1. The van der Waals surface area contributed by atoms with Crippen molar-refractivity contribution in [3.63, 3.8) is 0 Å². The molecule has 1 heterocycles. The lowest BCUT2D eigenvalue weighted by atomic mass is 10.2. The molecule has 0 aliphatic heterocycles. The molecule has 2 aromatic carbocycles. The Bertz CT molecular complexity index is 962. The minimum atomic E-state index is -0.489. The molecule has 3 rings (SSSR count). The zero-order valence-electron chi connectivity index (χ0n) is 14.6. The van der Waals surface area contributed by atoms with Gasteiger partial charge in [0.15, 0.2) is 5.13 Å². The van der Waals surface area contributed by atoms with Crippen LogP contribution in [0.4, 0.5) is 19.6 Å². The van der Waals surface area contributed by atoms with Crippen molar-refractivity contribution in [2.24, 2.45) is 0 Å². The van der Waals surface area contributed by atoms with Crippen LogP contribution in [0.25, 0.3) is 0 Å². The van der Waals surface area contributed by atoms with Crippen molar-refractivity contribution in [2.75, 3.05) is 12.0 Å². The molecule has 0 radical (unpaired) electrons. The molecule has 4 nitrogen and oxygen atoms in total. The largest absolute Gasteiger partial charge is 0.495 e. The number of nitrogens with zero attached hydrogens (tertiary/aromatic N) is 2. The Hall–Kier alpha value is -2.45. The molecule has 0 N–H and O–H groups in total. The second-order valence-electron chi connectivity index (χ2n) is 5.51. The fourth-order valence-corrected chi connectivity index (χ4v) is 4.27. The summed E-state index contributed by atoms with van der Waals surface area (Å²) in [6.07, 6.45) is 0. The molecule has 1 aromatic heterocycles. The van der Waals surface area contributed by atoms with E-state index in [-0.39, 0.29) is 10.8 Å². The van der Waals surface area contributed by atoms with E-state index in [1.54, 1.807) is 17.5 Å². The maximum atomic E-state index is 13.7. The van der Waals surface area contributed by atoms with Gasteiger partial charge in [0.2, 0.25) is 5.91 Å². The zero-order valence-corrected chi connectivity index (χ0v) is 16.2. The quantitative estimate of drug-likeness (QED) is 0.514. The second-order valence-corrected chi connectivity index (χ2v) is 7.36. The van der Waals surface area contributed by atoms with Crippen LogP contribution in [-0.2, 0) is 10.5 Å². The predicted octanol–water partition coefficient (Wildman–Crippen LogP) is 5.41. The van der Waals surface area contributed by atoms with Gasteiger partial charge in [-0.1, -0.05) is 12.1 Å². The number of carbonyl (C=O) groups excluding carboxylic acids is 1. The van der Waals surface area contributed by atoms with Crippen molar-refractivity contribution in [1.29, 1.82) is 0 Å². The summed E-state index contributed by atoms with van der Waals surface area (Å²) in [4.78, 5) is 18.4. The van der Waals surface area contributed by atoms with Crippen LogP contribution in [0.1, 0.15) is 12.6 Å². The third-order valence-corrected chi connectivity index (χ3v) is 5.58. The number of anilines is 2. The summed E-state index contributed by atoms with van der Waals surface area (Å²) in [7, 11) is 1.54. The van der Waals surface area contributed by atoms with Gasteiger partial charge in [0.25, 0.3) is 0 Å². The lowest BCUT2D eigenvalue weighted by molar-refractivity contribution is -0.115. The van der Waals surface area contributed by atoms with E-state index in [9.17, 15) is 13.6 Å². The van der Waals surface area contributed by atoms with E-state index < -0.39 is 11.6 Å². The Morgan fingerprint density at radius 2 is 2.04 bits per heavy atom. The van der Waals surface area contributed by atoms with Crippen molar-refractivity contribution >= 4 is 39.8 Å². The van der Waals surface area contributed by atoms with Gasteiger partial charge in [-0.05, 0) is 30.3 Å². The van der Waals surface area contributed by atoms with Gasteiger partial charge in [-0.2, -0.15) is 0 Å². The molecular weight excluding hydrogens is 390 g/mol. The maximum Gasteiger partial charge on any atom is 0.230 e. The highest BCUT2D eigenvalue weighted by atomic mass is 32.2. The summed E-state index contributed by atoms with van der Waals surface area (Å²) < 4.78 is 32.4. The topological polar surface area (TPSA) is 42.4 Å². The average Bonchev–Trinajstić information content (AvgIpc) is 3.11. The van der Waals surface area contributed by atoms with Crippen LogP contribution < -0.4 is 9.64 Å². The van der Waals surface area contributed by atoms with E-state index in [2.05, 4.69) is 4.98 Å². The summed E-state index contributed by atoms with van der Waals surface area (Å²) in [6.45, 7) is 1.45. The van der Waals surface area contributed by atoms with Crippen LogP contribution in [0.15, 0.2) is 52.7 Å². The van der Waals surface area contributed by atoms with E-state index in [4.69, 9.17) is 4.74 Å². The number of hydrogen-bond acceptors (Lipinski definition) is 5. The summed E-state index contributed by atoms with van der Waals surface area (Å²) in [5.41, 5.74) is 1.27. The molecule has 0 spiro atoms. The summed E-state index contributed by atoms with van der Waals surface area (Å²) in [5, 5.41) is 2.28. The number of methoxy groups -OCH3 is 1. The third-order valence-electron chi connectivity index (χ3n) is 3.64.